The van der Waals surface area contributed by atoms with Gasteiger partial charge in [0, 0.05) is 5.92 Å². The molecule has 1 aliphatic rings. The van der Waals surface area contributed by atoms with Gasteiger partial charge in [0.25, 0.3) is 11.8 Å². The molecular weight excluding hydrogens is 368 g/mol. The number of carbonyl (C=O) groups is 2. The lowest BCUT2D eigenvalue weighted by Gasteiger charge is -2.33. The molecule has 1 aliphatic carbocycles. The zero-order valence-electron chi connectivity index (χ0n) is 15.4. The molecule has 3 aromatic rings. The molecule has 0 saturated carbocycles. The Bertz CT molecular complexity index is 997. The highest BCUT2D eigenvalue weighted by atomic mass is 32.1. The molecule has 0 saturated heterocycles. The van der Waals surface area contributed by atoms with Crippen molar-refractivity contribution in [3.05, 3.63) is 93.2 Å². The molecule has 142 valence electrons. The van der Waals surface area contributed by atoms with Crippen LogP contribution in [0.25, 0.3) is 0 Å². The Labute approximate surface area is 168 Å². The van der Waals surface area contributed by atoms with Gasteiger partial charge in [-0.2, -0.15) is 0 Å². The number of carbonyl (C=O) groups excluding carboxylic acids is 2. The average Bonchev–Trinajstić information content (AvgIpc) is 3.23. The van der Waals surface area contributed by atoms with E-state index in [1.165, 1.54) is 11.1 Å². The van der Waals surface area contributed by atoms with Gasteiger partial charge in [-0.25, -0.2) is 0 Å². The van der Waals surface area contributed by atoms with Crippen molar-refractivity contribution < 1.29 is 9.59 Å². The van der Waals surface area contributed by atoms with Crippen LogP contribution >= 0.6 is 11.3 Å². The first-order chi connectivity index (χ1) is 13.6. The number of fused-ring (bicyclic) bond motifs is 1. The summed E-state index contributed by atoms with van der Waals surface area (Å²) in [6, 6.07) is 21.8. The van der Waals surface area contributed by atoms with Crippen molar-refractivity contribution in [1.82, 2.24) is 5.32 Å². The highest BCUT2D eigenvalue weighted by molar-refractivity contribution is 7.15. The second kappa shape index (κ2) is 7.98. The number of hydrogen-bond donors (Lipinski definition) is 2. The second-order valence-electron chi connectivity index (χ2n) is 7.09. The van der Waals surface area contributed by atoms with Crippen molar-refractivity contribution in [2.75, 3.05) is 0 Å². The highest BCUT2D eigenvalue weighted by Crippen LogP contribution is 2.40. The van der Waals surface area contributed by atoms with Gasteiger partial charge in [0.05, 0.1) is 15.8 Å². The van der Waals surface area contributed by atoms with Crippen molar-refractivity contribution in [2.24, 2.45) is 5.73 Å². The van der Waals surface area contributed by atoms with Gasteiger partial charge in [-0.15, -0.1) is 11.3 Å². The van der Waals surface area contributed by atoms with E-state index in [1.54, 1.807) is 12.1 Å². The maximum absolute atomic E-state index is 13.0. The topological polar surface area (TPSA) is 72.2 Å². The Morgan fingerprint density at radius 3 is 2.43 bits per heavy atom. The van der Waals surface area contributed by atoms with Crippen LogP contribution in [0, 0.1) is 0 Å². The third-order valence-corrected chi connectivity index (χ3v) is 6.43. The molecule has 2 amide bonds. The molecule has 28 heavy (non-hydrogen) atoms. The molecule has 2 atom stereocenters. The lowest BCUT2D eigenvalue weighted by molar-refractivity contribution is 0.0931. The van der Waals surface area contributed by atoms with Crippen LogP contribution in [0.5, 0.6) is 0 Å². The zero-order chi connectivity index (χ0) is 19.5. The minimum atomic E-state index is -0.509. The van der Waals surface area contributed by atoms with E-state index < -0.39 is 5.91 Å². The van der Waals surface area contributed by atoms with Crippen LogP contribution in [0.4, 0.5) is 0 Å². The average molecular weight is 391 g/mol. The second-order valence-corrected chi connectivity index (χ2v) is 8.17. The molecule has 0 radical (unpaired) electrons. The van der Waals surface area contributed by atoms with E-state index in [1.807, 2.05) is 18.2 Å². The van der Waals surface area contributed by atoms with Crippen LogP contribution < -0.4 is 11.1 Å². The summed E-state index contributed by atoms with van der Waals surface area (Å²) in [5, 5.41) is 3.23. The Hall–Kier alpha value is -2.92. The van der Waals surface area contributed by atoms with E-state index in [2.05, 4.69) is 41.7 Å². The van der Waals surface area contributed by atoms with Gasteiger partial charge in [-0.05, 0) is 48.1 Å². The minimum Gasteiger partial charge on any atom is -0.365 e. The molecule has 0 bridgehead atoms. The number of thiophene rings is 1. The summed E-state index contributed by atoms with van der Waals surface area (Å²) in [7, 11) is 0. The minimum absolute atomic E-state index is 0.130. The van der Waals surface area contributed by atoms with E-state index >= 15 is 0 Å². The number of primary amides is 1. The Kier molecular flexibility index (Phi) is 5.26. The predicted octanol–water partition coefficient (Wildman–Crippen LogP) is 4.44. The summed E-state index contributed by atoms with van der Waals surface area (Å²) in [5.41, 5.74) is 9.09. The zero-order valence-corrected chi connectivity index (χ0v) is 16.2. The third-order valence-electron chi connectivity index (χ3n) is 5.34. The van der Waals surface area contributed by atoms with E-state index in [0.29, 0.717) is 9.75 Å². The summed E-state index contributed by atoms with van der Waals surface area (Å²) >= 11 is 1.13. The lowest BCUT2D eigenvalue weighted by Crippen LogP contribution is -2.33. The third kappa shape index (κ3) is 3.71. The Balaban J connectivity index is 1.67. The van der Waals surface area contributed by atoms with Gasteiger partial charge < -0.3 is 11.1 Å². The first-order valence-electron chi connectivity index (χ1n) is 9.47. The van der Waals surface area contributed by atoms with Gasteiger partial charge in [0.15, 0.2) is 0 Å². The fourth-order valence-electron chi connectivity index (χ4n) is 4.02. The van der Waals surface area contributed by atoms with Gasteiger partial charge in [-0.3, -0.25) is 9.59 Å². The molecule has 5 heteroatoms. The first kappa shape index (κ1) is 18.4. The van der Waals surface area contributed by atoms with Crippen LogP contribution in [-0.4, -0.2) is 11.8 Å². The molecular formula is C23H22N2O2S. The number of hydrogen-bond acceptors (Lipinski definition) is 3. The summed E-state index contributed by atoms with van der Waals surface area (Å²) in [5.74, 6) is -0.467. The number of rotatable bonds is 5. The number of nitrogens with two attached hydrogens (primary N) is 1. The molecule has 0 fully saturated rings. The Morgan fingerprint density at radius 2 is 1.68 bits per heavy atom. The standard InChI is InChI=1S/C23H22N2O2S/c24-22(26)19-13-14-20(28-19)23(27)25-21(16-8-2-1-3-9-16)18-12-6-10-15-7-4-5-11-17(15)18/h1-5,7-9,11,13-14,18,21H,6,10,12H2,(H2,24,26)(H,25,27). The number of amides is 2. The molecule has 4 nitrogen and oxygen atoms in total. The fourth-order valence-corrected chi connectivity index (χ4v) is 4.78. The highest BCUT2D eigenvalue weighted by Gasteiger charge is 2.30. The monoisotopic (exact) mass is 390 g/mol. The summed E-state index contributed by atoms with van der Waals surface area (Å²) in [4.78, 5) is 25.2. The molecule has 0 spiro atoms. The van der Waals surface area contributed by atoms with E-state index in [-0.39, 0.29) is 17.9 Å². The van der Waals surface area contributed by atoms with Crippen molar-refractivity contribution in [3.63, 3.8) is 0 Å². The van der Waals surface area contributed by atoms with Crippen LogP contribution in [0.3, 0.4) is 0 Å². The van der Waals surface area contributed by atoms with Crippen molar-refractivity contribution in [1.29, 1.82) is 0 Å². The number of aryl methyl sites for hydroxylation is 1. The van der Waals surface area contributed by atoms with Crippen LogP contribution in [0.2, 0.25) is 0 Å². The van der Waals surface area contributed by atoms with E-state index in [9.17, 15) is 9.59 Å². The van der Waals surface area contributed by atoms with Crippen molar-refractivity contribution >= 4 is 23.2 Å². The van der Waals surface area contributed by atoms with Crippen LogP contribution in [0.1, 0.15) is 60.8 Å². The quantitative estimate of drug-likeness (QED) is 0.676. The van der Waals surface area contributed by atoms with Gasteiger partial charge in [0.2, 0.25) is 0 Å². The smallest absolute Gasteiger partial charge is 0.261 e. The van der Waals surface area contributed by atoms with Gasteiger partial charge in [0.1, 0.15) is 0 Å². The first-order valence-corrected chi connectivity index (χ1v) is 10.3. The molecule has 3 N–H and O–H groups in total. The number of benzene rings is 2. The van der Waals surface area contributed by atoms with Crippen molar-refractivity contribution in [3.8, 4) is 0 Å². The molecule has 1 aromatic heterocycles. The molecule has 1 heterocycles. The molecule has 2 unspecified atom stereocenters. The predicted molar refractivity (Wildman–Crippen MR) is 112 cm³/mol. The summed E-state index contributed by atoms with van der Waals surface area (Å²) in [6.45, 7) is 0. The fraction of sp³-hybridized carbons (Fsp3) is 0.217. The Morgan fingerprint density at radius 1 is 0.964 bits per heavy atom. The SMILES string of the molecule is NC(=O)c1ccc(C(=O)NC(c2ccccc2)C2CCCc3ccccc32)s1. The van der Waals surface area contributed by atoms with Gasteiger partial charge in [-0.1, -0.05) is 54.6 Å². The largest absolute Gasteiger partial charge is 0.365 e. The van der Waals surface area contributed by atoms with E-state index in [0.717, 1.165) is 36.2 Å². The number of nitrogens with one attached hydrogen (secondary N) is 1. The van der Waals surface area contributed by atoms with E-state index in [4.69, 9.17) is 5.73 Å². The van der Waals surface area contributed by atoms with Gasteiger partial charge >= 0.3 is 0 Å². The summed E-state index contributed by atoms with van der Waals surface area (Å²) < 4.78 is 0. The lowest BCUT2D eigenvalue weighted by atomic mass is 9.76. The molecule has 4 rings (SSSR count). The maximum atomic E-state index is 13.0. The normalized spacial score (nSPS) is 16.8. The maximum Gasteiger partial charge on any atom is 0.261 e. The van der Waals surface area contributed by atoms with Crippen LogP contribution in [-0.2, 0) is 6.42 Å². The molecule has 2 aromatic carbocycles. The van der Waals surface area contributed by atoms with Crippen molar-refractivity contribution in [2.45, 2.75) is 31.2 Å². The molecule has 0 aliphatic heterocycles. The van der Waals surface area contributed by atoms with Crippen LogP contribution in [0.15, 0.2) is 66.7 Å². The summed E-state index contributed by atoms with van der Waals surface area (Å²) in [6.07, 6.45) is 3.20.